The lowest BCUT2D eigenvalue weighted by molar-refractivity contribution is -0.122. The van der Waals surface area contributed by atoms with Gasteiger partial charge < -0.3 is 41.2 Å². The number of Topliss-reactive ketones (excluding diaryl/α,β-unsaturated/α-hetero) is 1. The van der Waals surface area contributed by atoms with Gasteiger partial charge in [-0.15, -0.1) is 12.4 Å². The van der Waals surface area contributed by atoms with E-state index < -0.39 is 58.6 Å². The van der Waals surface area contributed by atoms with E-state index in [-0.39, 0.29) is 66.8 Å². The molecule has 0 spiro atoms. The maximum absolute atomic E-state index is 13.8. The second kappa shape index (κ2) is 29.5. The molecule has 0 bridgehead atoms. The van der Waals surface area contributed by atoms with Crippen LogP contribution in [0.1, 0.15) is 140 Å². The third-order valence-electron chi connectivity index (χ3n) is 13.9. The summed E-state index contributed by atoms with van der Waals surface area (Å²) in [5.74, 6) is 1.08. The van der Waals surface area contributed by atoms with E-state index in [2.05, 4.69) is 115 Å². The first-order chi connectivity index (χ1) is 35.2. The van der Waals surface area contributed by atoms with Gasteiger partial charge in [0, 0.05) is 63.0 Å². The Balaban J connectivity index is 0.000000376. The van der Waals surface area contributed by atoms with Crippen LogP contribution in [0, 0.1) is 23.3 Å². The number of halogens is 5. The number of aliphatic hydroxyl groups excluding tert-OH is 2. The average molecular weight is 1090 g/mol. The molecule has 13 nitrogen and oxygen atoms in total. The summed E-state index contributed by atoms with van der Waals surface area (Å²) in [6.45, 7) is 16.0. The summed E-state index contributed by atoms with van der Waals surface area (Å²) in [7, 11) is 2.95. The van der Waals surface area contributed by atoms with Gasteiger partial charge in [0.2, 0.25) is 11.8 Å². The van der Waals surface area contributed by atoms with Crippen molar-refractivity contribution in [2.75, 3.05) is 27.3 Å². The Morgan fingerprint density at radius 1 is 0.632 bits per heavy atom. The maximum Gasteiger partial charge on any atom is 0.217 e. The molecular formula is C58H81ClF4N6O7. The Bertz CT molecular complexity index is 2490. The first-order valence-corrected chi connectivity index (χ1v) is 25.6. The van der Waals surface area contributed by atoms with Crippen molar-refractivity contribution < 1.29 is 51.8 Å². The van der Waals surface area contributed by atoms with Crippen molar-refractivity contribution in [1.29, 1.82) is 0 Å². The van der Waals surface area contributed by atoms with E-state index in [4.69, 9.17) is 4.84 Å². The van der Waals surface area contributed by atoms with Crippen molar-refractivity contribution in [3.8, 4) is 0 Å². The average Bonchev–Trinajstić information content (AvgIpc) is 3.32. The molecule has 0 heterocycles. The molecule has 4 atom stereocenters. The molecule has 2 saturated carbocycles. The molecule has 0 radical (unpaired) electrons. The van der Waals surface area contributed by atoms with Gasteiger partial charge in [-0.2, -0.15) is 0 Å². The minimum atomic E-state index is -1.02. The number of oxime groups is 1. The molecule has 2 fully saturated rings. The number of aliphatic hydroxyl groups is 2. The maximum atomic E-state index is 13.8. The number of benzene rings is 4. The van der Waals surface area contributed by atoms with Crippen LogP contribution in [0.3, 0.4) is 0 Å². The fraction of sp³-hybridized carbons (Fsp3) is 0.517. The zero-order valence-electron chi connectivity index (χ0n) is 45.8. The minimum absolute atomic E-state index is 0. The van der Waals surface area contributed by atoms with E-state index in [0.29, 0.717) is 36.8 Å². The van der Waals surface area contributed by atoms with E-state index in [0.717, 1.165) is 54.7 Å². The van der Waals surface area contributed by atoms with Crippen molar-refractivity contribution in [1.82, 2.24) is 21.3 Å². The molecule has 0 unspecified atom stereocenters. The van der Waals surface area contributed by atoms with Gasteiger partial charge in [0.15, 0.2) is 0 Å². The quantitative estimate of drug-likeness (QED) is 0.0396. The summed E-state index contributed by atoms with van der Waals surface area (Å²) in [4.78, 5) is 44.5. The number of nitrogens with one attached hydrogen (secondary N) is 4. The molecule has 0 aromatic heterocycles. The molecule has 2 amide bonds. The second-order valence-electron chi connectivity index (χ2n) is 21.9. The standard InChI is InChI=1S/C29H39F2N3O3.C28H36F2N2O3.CH5NO.ClH/c1-19(35)33-26(15-20-13-23(30)17-24(31)14-20)27(36)18-32-29(11-9-25(10-12-29)34-37-5)22-8-6-7-21(16-22)28(2,3)4;1-18(33)32-25(14-19-12-22(29)16-23(30)13-19)26(35)17-31-28(10-8-24(34)9-11-28)21-7-5-6-20(15-21)27(2,3)4;1-3-2;/h6-8,13-14,16-17,26-27,32,36H,9-12,15,18H2,1-5H3,(H,33,35);5-7,12-13,15-16,25-26,31,35H,8-11,14,17H2,1-4H3,(H,32,33);2H2,1H3;1H/t26-,27+,29?;25-,26+;;/m00../s1. The number of nitrogens with zero attached hydrogens (tertiary/aromatic N) is 1. The molecule has 4 aromatic carbocycles. The van der Waals surface area contributed by atoms with Crippen LogP contribution in [-0.4, -0.2) is 85.1 Å². The van der Waals surface area contributed by atoms with Crippen LogP contribution in [-0.2, 0) is 58.8 Å². The highest BCUT2D eigenvalue weighted by Crippen LogP contribution is 2.40. The van der Waals surface area contributed by atoms with Crippen LogP contribution in [0.25, 0.3) is 0 Å². The fourth-order valence-corrected chi connectivity index (χ4v) is 9.78. The number of carbonyl (C=O) groups is 3. The van der Waals surface area contributed by atoms with Gasteiger partial charge in [-0.1, -0.05) is 95.2 Å². The lowest BCUT2D eigenvalue weighted by Crippen LogP contribution is -2.53. The molecule has 2 aliphatic rings. The highest BCUT2D eigenvalue weighted by atomic mass is 35.5. The minimum Gasteiger partial charge on any atom is -0.399 e. The fourth-order valence-electron chi connectivity index (χ4n) is 9.78. The number of amides is 2. The molecule has 76 heavy (non-hydrogen) atoms. The van der Waals surface area contributed by atoms with E-state index in [1.54, 1.807) is 7.11 Å². The number of rotatable bonds is 17. The Labute approximate surface area is 452 Å². The van der Waals surface area contributed by atoms with E-state index in [1.165, 1.54) is 56.3 Å². The number of nitrogens with two attached hydrogens (primary N) is 1. The Hall–Kier alpha value is -5.27. The van der Waals surface area contributed by atoms with Crippen LogP contribution in [0.5, 0.6) is 0 Å². The van der Waals surface area contributed by atoms with Crippen LogP contribution in [0.15, 0.2) is 90.1 Å². The molecule has 4 aromatic rings. The summed E-state index contributed by atoms with van der Waals surface area (Å²) >= 11 is 0. The van der Waals surface area contributed by atoms with Crippen molar-refractivity contribution in [2.24, 2.45) is 11.1 Å². The zero-order chi connectivity index (χ0) is 55.7. The summed E-state index contributed by atoms with van der Waals surface area (Å²) < 4.78 is 54.9. The summed E-state index contributed by atoms with van der Waals surface area (Å²) in [5.41, 5.74) is 5.31. The van der Waals surface area contributed by atoms with Crippen LogP contribution in [0.4, 0.5) is 17.6 Å². The lowest BCUT2D eigenvalue weighted by atomic mass is 9.74. The van der Waals surface area contributed by atoms with E-state index in [1.807, 2.05) is 12.1 Å². The van der Waals surface area contributed by atoms with Crippen molar-refractivity contribution in [3.63, 3.8) is 0 Å². The Morgan fingerprint density at radius 2 is 0.974 bits per heavy atom. The highest BCUT2D eigenvalue weighted by Gasteiger charge is 2.39. The smallest absolute Gasteiger partial charge is 0.217 e. The molecule has 0 aliphatic heterocycles. The van der Waals surface area contributed by atoms with Crippen molar-refractivity contribution in [2.45, 2.75) is 166 Å². The van der Waals surface area contributed by atoms with Gasteiger partial charge in [0.1, 0.15) is 36.2 Å². The topological polar surface area (TPSA) is 197 Å². The van der Waals surface area contributed by atoms with Crippen LogP contribution >= 0.6 is 12.4 Å². The molecule has 18 heteroatoms. The number of hydrogen-bond acceptors (Lipinski definition) is 11. The van der Waals surface area contributed by atoms with Gasteiger partial charge in [-0.3, -0.25) is 14.4 Å². The molecule has 8 N–H and O–H groups in total. The highest BCUT2D eigenvalue weighted by molar-refractivity contribution is 5.85. The largest absolute Gasteiger partial charge is 0.399 e. The third kappa shape index (κ3) is 19.9. The predicted octanol–water partition coefficient (Wildman–Crippen LogP) is 8.96. The van der Waals surface area contributed by atoms with Gasteiger partial charge in [0.05, 0.1) is 37.1 Å². The lowest BCUT2D eigenvalue weighted by Gasteiger charge is -2.41. The van der Waals surface area contributed by atoms with Gasteiger partial charge in [-0.05, 0) is 120 Å². The van der Waals surface area contributed by atoms with Gasteiger partial charge in [0.25, 0.3) is 0 Å². The van der Waals surface area contributed by atoms with Crippen molar-refractivity contribution >= 4 is 35.7 Å². The van der Waals surface area contributed by atoms with Crippen LogP contribution < -0.4 is 27.2 Å². The number of ketones is 1. The predicted molar refractivity (Wildman–Crippen MR) is 292 cm³/mol. The van der Waals surface area contributed by atoms with Gasteiger partial charge in [-0.25, -0.2) is 23.5 Å². The third-order valence-corrected chi connectivity index (χ3v) is 13.9. The SMILES string of the molecule is CC(=O)N[C@@H](Cc1cc(F)cc(F)c1)[C@H](O)CNC1(c2cccc(C(C)(C)C)c2)CCC(=O)CC1.CON.CON=C1CCC(NC[C@@H](O)[C@H](Cc2cc(F)cc(F)c2)NC(C)=O)(c2cccc(C(C)(C)C)c2)CC1.Cl. The monoisotopic (exact) mass is 1080 g/mol. The Kier molecular flexibility index (Phi) is 25.2. The normalized spacial score (nSPS) is 18.0. The summed E-state index contributed by atoms with van der Waals surface area (Å²) in [6.07, 6.45) is 3.25. The van der Waals surface area contributed by atoms with E-state index in [9.17, 15) is 42.2 Å². The van der Waals surface area contributed by atoms with Crippen LogP contribution in [0.2, 0.25) is 0 Å². The zero-order valence-corrected chi connectivity index (χ0v) is 46.6. The molecule has 0 saturated heterocycles. The summed E-state index contributed by atoms with van der Waals surface area (Å²) in [6, 6.07) is 21.8. The molecule has 6 rings (SSSR count). The Morgan fingerprint density at radius 3 is 1.29 bits per heavy atom. The number of hydrogen-bond donors (Lipinski definition) is 7. The van der Waals surface area contributed by atoms with Gasteiger partial charge >= 0.3 is 0 Å². The van der Waals surface area contributed by atoms with E-state index >= 15 is 0 Å². The molecule has 420 valence electrons. The molecule has 2 aliphatic carbocycles. The van der Waals surface area contributed by atoms with Crippen molar-refractivity contribution in [3.05, 3.63) is 142 Å². The second-order valence-corrected chi connectivity index (χ2v) is 21.9. The first-order valence-electron chi connectivity index (χ1n) is 25.6. The number of carbonyl (C=O) groups excluding carboxylic acids is 3. The summed E-state index contributed by atoms with van der Waals surface area (Å²) in [5, 5.41) is 38.9. The molecular weight excluding hydrogens is 1000 g/mol. The first kappa shape index (κ1) is 65.0.